The summed E-state index contributed by atoms with van der Waals surface area (Å²) >= 11 is 0. The zero-order valence-electron chi connectivity index (χ0n) is 13.8. The Labute approximate surface area is 135 Å². The van der Waals surface area contributed by atoms with Crippen molar-refractivity contribution in [2.45, 2.75) is 33.4 Å². The van der Waals surface area contributed by atoms with Gasteiger partial charge in [-0.15, -0.1) is 0 Å². The number of hydrogen-bond donors (Lipinski definition) is 0. The minimum Gasteiger partial charge on any atom is -0.491 e. The molecule has 0 aliphatic heterocycles. The topological polar surface area (TPSA) is 68.5 Å². The number of hydrogen-bond acceptors (Lipinski definition) is 5. The lowest BCUT2D eigenvalue weighted by atomic mass is 10.2. The van der Waals surface area contributed by atoms with Crippen LogP contribution in [0.2, 0.25) is 0 Å². The zero-order valence-corrected chi connectivity index (χ0v) is 13.8. The third-order valence-corrected chi connectivity index (χ3v) is 3.32. The normalized spacial score (nSPS) is 10.7. The number of benzene rings is 1. The average Bonchev–Trinajstić information content (AvgIpc) is 2.46. The molecule has 0 atom stereocenters. The first-order valence-corrected chi connectivity index (χ1v) is 7.45. The van der Waals surface area contributed by atoms with Crippen molar-refractivity contribution in [3.63, 3.8) is 0 Å². The number of nitrogens with zero attached hydrogens (tertiary/aromatic N) is 3. The van der Waals surface area contributed by atoms with Crippen molar-refractivity contribution in [2.75, 3.05) is 11.9 Å². The molecule has 0 spiro atoms. The lowest BCUT2D eigenvalue weighted by molar-refractivity contribution is -0.385. The van der Waals surface area contributed by atoms with Crippen LogP contribution in [0.4, 0.5) is 11.5 Å². The van der Waals surface area contributed by atoms with Crippen LogP contribution in [0.15, 0.2) is 36.4 Å². The number of anilines is 1. The van der Waals surface area contributed by atoms with E-state index in [4.69, 9.17) is 4.74 Å². The highest BCUT2D eigenvalue weighted by Crippen LogP contribution is 2.22. The van der Waals surface area contributed by atoms with Crippen molar-refractivity contribution in [3.05, 3.63) is 57.8 Å². The zero-order chi connectivity index (χ0) is 17.0. The second kappa shape index (κ2) is 7.09. The molecule has 0 unspecified atom stereocenters. The largest absolute Gasteiger partial charge is 0.491 e. The van der Waals surface area contributed by atoms with E-state index < -0.39 is 4.92 Å². The van der Waals surface area contributed by atoms with Gasteiger partial charge in [-0.3, -0.25) is 10.1 Å². The van der Waals surface area contributed by atoms with Gasteiger partial charge in [-0.2, -0.15) is 0 Å². The predicted molar refractivity (Wildman–Crippen MR) is 89.9 cm³/mol. The highest BCUT2D eigenvalue weighted by atomic mass is 16.6. The van der Waals surface area contributed by atoms with Crippen molar-refractivity contribution in [3.8, 4) is 5.75 Å². The Morgan fingerprint density at radius 3 is 2.65 bits per heavy atom. The molecule has 1 aromatic heterocycles. The Hall–Kier alpha value is -2.63. The summed E-state index contributed by atoms with van der Waals surface area (Å²) in [6.07, 6.45) is 0.127. The Balaban J connectivity index is 2.14. The minimum atomic E-state index is -0.418. The summed E-state index contributed by atoms with van der Waals surface area (Å²) in [7, 11) is 1.91. The van der Waals surface area contributed by atoms with Gasteiger partial charge in [0.1, 0.15) is 17.3 Å². The standard InChI is InChI=1S/C17H21N3O3/c1-12(2)23-15-7-5-6-14(10-15)11-19(4)17-9-8-16(20(21)22)13(3)18-17/h5-10,12H,11H2,1-4H3. The molecule has 122 valence electrons. The van der Waals surface area contributed by atoms with Crippen LogP contribution in [0.1, 0.15) is 25.1 Å². The molecule has 0 aliphatic carbocycles. The van der Waals surface area contributed by atoms with Crippen LogP contribution in [-0.2, 0) is 6.54 Å². The molecule has 0 radical (unpaired) electrons. The predicted octanol–water partition coefficient (Wildman–Crippen LogP) is 3.72. The monoisotopic (exact) mass is 315 g/mol. The van der Waals surface area contributed by atoms with Crippen LogP contribution in [0.5, 0.6) is 5.75 Å². The van der Waals surface area contributed by atoms with Gasteiger partial charge in [-0.05, 0) is 44.5 Å². The summed E-state index contributed by atoms with van der Waals surface area (Å²) < 4.78 is 5.69. The highest BCUT2D eigenvalue weighted by molar-refractivity contribution is 5.47. The quantitative estimate of drug-likeness (QED) is 0.600. The van der Waals surface area contributed by atoms with E-state index in [0.717, 1.165) is 11.3 Å². The van der Waals surface area contributed by atoms with Crippen LogP contribution in [0.3, 0.4) is 0 Å². The number of pyridine rings is 1. The fourth-order valence-corrected chi connectivity index (χ4v) is 2.29. The first-order valence-electron chi connectivity index (χ1n) is 7.45. The summed E-state index contributed by atoms with van der Waals surface area (Å²) in [5.41, 5.74) is 1.54. The van der Waals surface area contributed by atoms with Gasteiger partial charge in [0.25, 0.3) is 5.69 Å². The van der Waals surface area contributed by atoms with E-state index in [0.29, 0.717) is 18.1 Å². The molecule has 1 heterocycles. The van der Waals surface area contributed by atoms with Crippen LogP contribution < -0.4 is 9.64 Å². The molecule has 0 saturated heterocycles. The smallest absolute Gasteiger partial charge is 0.290 e. The molecule has 6 heteroatoms. The summed E-state index contributed by atoms with van der Waals surface area (Å²) in [5, 5.41) is 10.9. The van der Waals surface area contributed by atoms with E-state index in [2.05, 4.69) is 4.98 Å². The lowest BCUT2D eigenvalue weighted by Crippen LogP contribution is -2.18. The van der Waals surface area contributed by atoms with E-state index >= 15 is 0 Å². The minimum absolute atomic E-state index is 0.0366. The molecule has 0 saturated carbocycles. The fourth-order valence-electron chi connectivity index (χ4n) is 2.29. The molecule has 23 heavy (non-hydrogen) atoms. The SMILES string of the molecule is Cc1nc(N(C)Cc2cccc(OC(C)C)c2)ccc1[N+](=O)[O-]. The molecule has 2 rings (SSSR count). The van der Waals surface area contributed by atoms with E-state index in [1.807, 2.05) is 50.1 Å². The van der Waals surface area contributed by atoms with E-state index in [-0.39, 0.29) is 11.8 Å². The van der Waals surface area contributed by atoms with Crippen molar-refractivity contribution in [1.29, 1.82) is 0 Å². The maximum Gasteiger partial charge on any atom is 0.290 e. The van der Waals surface area contributed by atoms with Gasteiger partial charge in [0.2, 0.25) is 0 Å². The first-order chi connectivity index (χ1) is 10.9. The number of rotatable bonds is 6. The van der Waals surface area contributed by atoms with Crippen LogP contribution in [-0.4, -0.2) is 23.1 Å². The summed E-state index contributed by atoms with van der Waals surface area (Å²) in [6, 6.07) is 11.1. The van der Waals surface area contributed by atoms with Gasteiger partial charge in [0.05, 0.1) is 11.0 Å². The molecule has 0 amide bonds. The van der Waals surface area contributed by atoms with Gasteiger partial charge < -0.3 is 9.64 Å². The lowest BCUT2D eigenvalue weighted by Gasteiger charge is -2.19. The molecule has 1 aromatic carbocycles. The van der Waals surface area contributed by atoms with Gasteiger partial charge >= 0.3 is 0 Å². The number of nitro groups is 1. The maximum absolute atomic E-state index is 10.9. The van der Waals surface area contributed by atoms with Crippen LogP contribution >= 0.6 is 0 Å². The molecule has 0 fully saturated rings. The average molecular weight is 315 g/mol. The summed E-state index contributed by atoms with van der Waals surface area (Å²) in [5.74, 6) is 1.53. The molecule has 0 aliphatic rings. The molecule has 2 aromatic rings. The van der Waals surface area contributed by atoms with Crippen molar-refractivity contribution in [2.24, 2.45) is 0 Å². The Morgan fingerprint density at radius 2 is 2.04 bits per heavy atom. The van der Waals surface area contributed by atoms with Gasteiger partial charge in [-0.1, -0.05) is 12.1 Å². The summed E-state index contributed by atoms with van der Waals surface area (Å²) in [4.78, 5) is 16.7. The highest BCUT2D eigenvalue weighted by Gasteiger charge is 2.13. The van der Waals surface area contributed by atoms with E-state index in [9.17, 15) is 10.1 Å². The molecule has 0 N–H and O–H groups in total. The molecular formula is C17H21N3O3. The van der Waals surface area contributed by atoms with Crippen LogP contribution in [0.25, 0.3) is 0 Å². The molecule has 6 nitrogen and oxygen atoms in total. The first kappa shape index (κ1) is 16.7. The third-order valence-electron chi connectivity index (χ3n) is 3.32. The molecular weight excluding hydrogens is 294 g/mol. The van der Waals surface area contributed by atoms with Gasteiger partial charge in [0.15, 0.2) is 0 Å². The Bertz CT molecular complexity index is 701. The van der Waals surface area contributed by atoms with E-state index in [1.54, 1.807) is 13.0 Å². The van der Waals surface area contributed by atoms with Gasteiger partial charge in [-0.25, -0.2) is 4.98 Å². The van der Waals surface area contributed by atoms with Crippen molar-refractivity contribution < 1.29 is 9.66 Å². The number of aryl methyl sites for hydroxylation is 1. The molecule has 0 bridgehead atoms. The maximum atomic E-state index is 10.9. The van der Waals surface area contributed by atoms with Crippen molar-refractivity contribution >= 4 is 11.5 Å². The third kappa shape index (κ3) is 4.42. The fraction of sp³-hybridized carbons (Fsp3) is 0.353. The Morgan fingerprint density at radius 1 is 1.30 bits per heavy atom. The van der Waals surface area contributed by atoms with Crippen molar-refractivity contribution in [1.82, 2.24) is 4.98 Å². The number of ether oxygens (including phenoxy) is 1. The summed E-state index contributed by atoms with van der Waals surface area (Å²) in [6.45, 7) is 6.26. The second-order valence-electron chi connectivity index (χ2n) is 5.70. The Kier molecular flexibility index (Phi) is 5.16. The van der Waals surface area contributed by atoms with E-state index in [1.165, 1.54) is 6.07 Å². The second-order valence-corrected chi connectivity index (χ2v) is 5.70. The van der Waals surface area contributed by atoms with Crippen LogP contribution in [0, 0.1) is 17.0 Å². The van der Waals surface area contributed by atoms with Gasteiger partial charge in [0, 0.05) is 19.7 Å². The number of aromatic nitrogens is 1.